The van der Waals surface area contributed by atoms with E-state index in [-0.39, 0.29) is 12.5 Å². The van der Waals surface area contributed by atoms with Crippen LogP contribution in [0, 0.1) is 0 Å². The summed E-state index contributed by atoms with van der Waals surface area (Å²) < 4.78 is 11.3. The summed E-state index contributed by atoms with van der Waals surface area (Å²) in [6.45, 7) is 0.260. The van der Waals surface area contributed by atoms with E-state index in [0.717, 1.165) is 21.3 Å². The number of hydrogen-bond donors (Lipinski definition) is 0. The van der Waals surface area contributed by atoms with Gasteiger partial charge in [-0.2, -0.15) is 4.98 Å². The number of ether oxygens (including phenoxy) is 1. The van der Waals surface area contributed by atoms with E-state index in [1.54, 1.807) is 19.1 Å². The minimum absolute atomic E-state index is 0.0302. The number of benzene rings is 2. The fourth-order valence-electron chi connectivity index (χ4n) is 2.41. The standard InChI is InChI=1S/C19H18BrN3O3/c1-23(18(24)10-13-6-8-16(25-2)9-7-13)12-17-21-19(22-26-17)14-4-3-5-15(20)11-14/h3-9,11H,10,12H2,1-2H3. The summed E-state index contributed by atoms with van der Waals surface area (Å²) in [5, 5.41) is 3.98. The van der Waals surface area contributed by atoms with Gasteiger partial charge in [0.05, 0.1) is 20.1 Å². The number of halogens is 1. The van der Waals surface area contributed by atoms with Gasteiger partial charge in [-0.1, -0.05) is 45.4 Å². The molecule has 0 saturated carbocycles. The molecule has 0 saturated heterocycles. The Hall–Kier alpha value is -2.67. The number of rotatable bonds is 6. The molecular formula is C19H18BrN3O3. The van der Waals surface area contributed by atoms with Gasteiger partial charge in [-0.25, -0.2) is 0 Å². The molecule has 3 rings (SSSR count). The van der Waals surface area contributed by atoms with Crippen LogP contribution in [0.4, 0.5) is 0 Å². The van der Waals surface area contributed by atoms with Crippen molar-refractivity contribution < 1.29 is 14.1 Å². The van der Waals surface area contributed by atoms with E-state index in [2.05, 4.69) is 26.1 Å². The number of nitrogens with zero attached hydrogens (tertiary/aromatic N) is 3. The molecule has 0 bridgehead atoms. The fraction of sp³-hybridized carbons (Fsp3) is 0.211. The lowest BCUT2D eigenvalue weighted by Gasteiger charge is -2.14. The number of carbonyl (C=O) groups is 1. The predicted molar refractivity (Wildman–Crippen MR) is 101 cm³/mol. The molecule has 0 aliphatic heterocycles. The van der Waals surface area contributed by atoms with Crippen LogP contribution in [0.25, 0.3) is 11.4 Å². The van der Waals surface area contributed by atoms with E-state index in [1.165, 1.54) is 0 Å². The van der Waals surface area contributed by atoms with Crippen LogP contribution in [-0.4, -0.2) is 35.1 Å². The maximum Gasteiger partial charge on any atom is 0.246 e. The van der Waals surface area contributed by atoms with Crippen LogP contribution in [0.2, 0.25) is 0 Å². The Balaban J connectivity index is 1.62. The number of amides is 1. The summed E-state index contributed by atoms with van der Waals surface area (Å²) in [7, 11) is 3.33. The Kier molecular flexibility index (Phi) is 5.68. The zero-order chi connectivity index (χ0) is 18.5. The van der Waals surface area contributed by atoms with Gasteiger partial charge in [0.2, 0.25) is 17.6 Å². The third-order valence-electron chi connectivity index (χ3n) is 3.86. The average Bonchev–Trinajstić information content (AvgIpc) is 3.11. The topological polar surface area (TPSA) is 68.5 Å². The van der Waals surface area contributed by atoms with Crippen LogP contribution in [0.5, 0.6) is 5.75 Å². The van der Waals surface area contributed by atoms with E-state index >= 15 is 0 Å². The number of likely N-dealkylation sites (N-methyl/N-ethyl adjacent to an activating group) is 1. The largest absolute Gasteiger partial charge is 0.497 e. The minimum Gasteiger partial charge on any atom is -0.497 e. The van der Waals surface area contributed by atoms with Gasteiger partial charge >= 0.3 is 0 Å². The second-order valence-electron chi connectivity index (χ2n) is 5.80. The summed E-state index contributed by atoms with van der Waals surface area (Å²) >= 11 is 3.42. The monoisotopic (exact) mass is 415 g/mol. The van der Waals surface area contributed by atoms with Crippen molar-refractivity contribution in [1.82, 2.24) is 15.0 Å². The molecule has 1 heterocycles. The number of methoxy groups -OCH3 is 1. The van der Waals surface area contributed by atoms with Gasteiger partial charge in [-0.3, -0.25) is 4.79 Å². The highest BCUT2D eigenvalue weighted by Crippen LogP contribution is 2.20. The van der Waals surface area contributed by atoms with Gasteiger partial charge in [0.1, 0.15) is 5.75 Å². The maximum atomic E-state index is 12.4. The molecule has 1 amide bonds. The van der Waals surface area contributed by atoms with E-state index < -0.39 is 0 Å². The average molecular weight is 416 g/mol. The normalized spacial score (nSPS) is 10.6. The van der Waals surface area contributed by atoms with Crippen LogP contribution in [0.15, 0.2) is 57.5 Å². The van der Waals surface area contributed by atoms with Crippen molar-refractivity contribution in [3.8, 4) is 17.1 Å². The minimum atomic E-state index is -0.0302. The molecule has 3 aromatic rings. The van der Waals surface area contributed by atoms with Gasteiger partial charge in [0, 0.05) is 17.1 Å². The predicted octanol–water partition coefficient (Wildman–Crippen LogP) is 3.71. The van der Waals surface area contributed by atoms with E-state index in [4.69, 9.17) is 9.26 Å². The van der Waals surface area contributed by atoms with Crippen molar-refractivity contribution >= 4 is 21.8 Å². The summed E-state index contributed by atoms with van der Waals surface area (Å²) in [4.78, 5) is 18.3. The molecule has 0 atom stereocenters. The molecule has 6 nitrogen and oxygen atoms in total. The molecule has 2 aromatic carbocycles. The second-order valence-corrected chi connectivity index (χ2v) is 6.71. The van der Waals surface area contributed by atoms with Crippen molar-refractivity contribution in [2.45, 2.75) is 13.0 Å². The summed E-state index contributed by atoms with van der Waals surface area (Å²) in [6.07, 6.45) is 0.299. The Bertz CT molecular complexity index is 893. The van der Waals surface area contributed by atoms with Crippen molar-refractivity contribution in [2.24, 2.45) is 0 Å². The summed E-state index contributed by atoms with van der Waals surface area (Å²) in [6, 6.07) is 15.1. The van der Waals surface area contributed by atoms with Gasteiger partial charge in [0.25, 0.3) is 0 Å². The molecular weight excluding hydrogens is 398 g/mol. The first kappa shape index (κ1) is 18.1. The van der Waals surface area contributed by atoms with Gasteiger partial charge in [-0.15, -0.1) is 0 Å². The zero-order valence-electron chi connectivity index (χ0n) is 14.5. The Morgan fingerprint density at radius 2 is 2.00 bits per heavy atom. The second kappa shape index (κ2) is 8.14. The third kappa shape index (κ3) is 4.49. The Morgan fingerprint density at radius 1 is 1.23 bits per heavy atom. The van der Waals surface area contributed by atoms with Gasteiger partial charge < -0.3 is 14.2 Å². The molecule has 0 aliphatic carbocycles. The molecule has 0 spiro atoms. The lowest BCUT2D eigenvalue weighted by atomic mass is 10.1. The van der Waals surface area contributed by atoms with E-state index in [9.17, 15) is 4.79 Å². The number of carbonyl (C=O) groups excluding carboxylic acids is 1. The molecule has 0 unspecified atom stereocenters. The Morgan fingerprint density at radius 3 is 2.69 bits per heavy atom. The van der Waals surface area contributed by atoms with Crippen LogP contribution >= 0.6 is 15.9 Å². The highest BCUT2D eigenvalue weighted by molar-refractivity contribution is 9.10. The van der Waals surface area contributed by atoms with Crippen molar-refractivity contribution in [3.05, 3.63) is 64.5 Å². The third-order valence-corrected chi connectivity index (χ3v) is 4.36. The van der Waals surface area contributed by atoms with Crippen molar-refractivity contribution in [1.29, 1.82) is 0 Å². The molecule has 26 heavy (non-hydrogen) atoms. The van der Waals surface area contributed by atoms with Crippen LogP contribution in [0.3, 0.4) is 0 Å². The van der Waals surface area contributed by atoms with Crippen LogP contribution < -0.4 is 4.74 Å². The van der Waals surface area contributed by atoms with E-state index in [1.807, 2.05) is 48.5 Å². The fourth-order valence-corrected chi connectivity index (χ4v) is 2.81. The van der Waals surface area contributed by atoms with E-state index in [0.29, 0.717) is 18.1 Å². The molecule has 7 heteroatoms. The Labute approximate surface area is 159 Å². The van der Waals surface area contributed by atoms with Crippen LogP contribution in [-0.2, 0) is 17.8 Å². The first-order valence-electron chi connectivity index (χ1n) is 8.00. The summed E-state index contributed by atoms with van der Waals surface area (Å²) in [5.41, 5.74) is 1.77. The maximum absolute atomic E-state index is 12.4. The zero-order valence-corrected chi connectivity index (χ0v) is 16.1. The molecule has 134 valence electrons. The first-order valence-corrected chi connectivity index (χ1v) is 8.80. The first-order chi connectivity index (χ1) is 12.5. The quantitative estimate of drug-likeness (QED) is 0.613. The van der Waals surface area contributed by atoms with Gasteiger partial charge in [0.15, 0.2) is 0 Å². The SMILES string of the molecule is COc1ccc(CC(=O)N(C)Cc2nc(-c3cccc(Br)c3)no2)cc1. The molecule has 0 radical (unpaired) electrons. The lowest BCUT2D eigenvalue weighted by Crippen LogP contribution is -2.27. The van der Waals surface area contributed by atoms with Crippen molar-refractivity contribution in [3.63, 3.8) is 0 Å². The summed E-state index contributed by atoms with van der Waals surface area (Å²) in [5.74, 6) is 1.63. The smallest absolute Gasteiger partial charge is 0.246 e. The molecule has 0 aliphatic rings. The number of aromatic nitrogens is 2. The number of hydrogen-bond acceptors (Lipinski definition) is 5. The van der Waals surface area contributed by atoms with Gasteiger partial charge in [-0.05, 0) is 29.8 Å². The van der Waals surface area contributed by atoms with Crippen molar-refractivity contribution in [2.75, 3.05) is 14.2 Å². The van der Waals surface area contributed by atoms with Crippen LogP contribution in [0.1, 0.15) is 11.5 Å². The molecule has 0 fully saturated rings. The molecule has 1 aromatic heterocycles. The highest BCUT2D eigenvalue weighted by atomic mass is 79.9. The lowest BCUT2D eigenvalue weighted by molar-refractivity contribution is -0.130. The molecule has 0 N–H and O–H groups in total. The highest BCUT2D eigenvalue weighted by Gasteiger charge is 2.15.